The van der Waals surface area contributed by atoms with E-state index in [-0.39, 0.29) is 11.8 Å². The van der Waals surface area contributed by atoms with Gasteiger partial charge in [-0.3, -0.25) is 4.79 Å². The fraction of sp³-hybridized carbons (Fsp3) is 0.316. The molecule has 1 unspecified atom stereocenters. The molecule has 7 heteroatoms. The standard InChI is InChI=1S/C19H20N4O2S/c24-19(20-12-15-5-2-10-25-15)14-4-1-9-23(13-14)18-8-7-16(21-22-18)17-6-3-11-26-17/h2-3,5-8,10-11,14H,1,4,9,12-13H2,(H,20,24). The van der Waals surface area contributed by atoms with Gasteiger partial charge in [-0.1, -0.05) is 6.07 Å². The molecule has 0 radical (unpaired) electrons. The Labute approximate surface area is 155 Å². The summed E-state index contributed by atoms with van der Waals surface area (Å²) >= 11 is 1.65. The van der Waals surface area contributed by atoms with Crippen molar-refractivity contribution >= 4 is 23.1 Å². The second kappa shape index (κ2) is 7.70. The van der Waals surface area contributed by atoms with Crippen molar-refractivity contribution < 1.29 is 9.21 Å². The van der Waals surface area contributed by atoms with E-state index < -0.39 is 0 Å². The number of rotatable bonds is 5. The largest absolute Gasteiger partial charge is 0.467 e. The first kappa shape index (κ1) is 16.8. The Kier molecular flexibility index (Phi) is 4.97. The lowest BCUT2D eigenvalue weighted by Gasteiger charge is -2.32. The molecule has 4 heterocycles. The van der Waals surface area contributed by atoms with Crippen LogP contribution in [-0.4, -0.2) is 29.2 Å². The zero-order valence-electron chi connectivity index (χ0n) is 14.3. The van der Waals surface area contributed by atoms with Crippen LogP contribution < -0.4 is 10.2 Å². The number of nitrogens with one attached hydrogen (secondary N) is 1. The summed E-state index contributed by atoms with van der Waals surface area (Å²) in [5, 5.41) is 13.7. The zero-order chi connectivity index (χ0) is 17.8. The maximum atomic E-state index is 12.5. The highest BCUT2D eigenvalue weighted by atomic mass is 32.1. The maximum Gasteiger partial charge on any atom is 0.225 e. The molecule has 1 aliphatic rings. The van der Waals surface area contributed by atoms with Gasteiger partial charge in [0.25, 0.3) is 0 Å². The summed E-state index contributed by atoms with van der Waals surface area (Å²) in [5.41, 5.74) is 0.883. The lowest BCUT2D eigenvalue weighted by atomic mass is 9.97. The molecule has 6 nitrogen and oxygen atoms in total. The van der Waals surface area contributed by atoms with Crippen LogP contribution in [0, 0.1) is 5.92 Å². The second-order valence-electron chi connectivity index (χ2n) is 6.34. The Morgan fingerprint density at radius 3 is 2.96 bits per heavy atom. The van der Waals surface area contributed by atoms with E-state index >= 15 is 0 Å². The monoisotopic (exact) mass is 368 g/mol. The predicted octanol–water partition coefficient (Wildman–Crippen LogP) is 3.33. The van der Waals surface area contributed by atoms with Crippen molar-refractivity contribution in [1.82, 2.24) is 15.5 Å². The van der Waals surface area contributed by atoms with Crippen molar-refractivity contribution in [3.05, 3.63) is 53.8 Å². The summed E-state index contributed by atoms with van der Waals surface area (Å²) in [4.78, 5) is 15.7. The van der Waals surface area contributed by atoms with Crippen molar-refractivity contribution in [2.24, 2.45) is 5.92 Å². The molecule has 0 aromatic carbocycles. The molecule has 26 heavy (non-hydrogen) atoms. The van der Waals surface area contributed by atoms with Crippen LogP contribution in [0.5, 0.6) is 0 Å². The summed E-state index contributed by atoms with van der Waals surface area (Å²) in [6.07, 6.45) is 3.47. The van der Waals surface area contributed by atoms with E-state index in [0.29, 0.717) is 13.1 Å². The van der Waals surface area contributed by atoms with Gasteiger partial charge in [-0.15, -0.1) is 21.5 Å². The van der Waals surface area contributed by atoms with Gasteiger partial charge in [-0.25, -0.2) is 0 Å². The number of hydrogen-bond donors (Lipinski definition) is 1. The van der Waals surface area contributed by atoms with E-state index in [1.54, 1.807) is 17.6 Å². The van der Waals surface area contributed by atoms with E-state index in [2.05, 4.69) is 20.4 Å². The summed E-state index contributed by atoms with van der Waals surface area (Å²) in [6.45, 7) is 1.99. The minimum atomic E-state index is -0.0440. The van der Waals surface area contributed by atoms with E-state index in [9.17, 15) is 4.79 Å². The molecule has 4 rings (SSSR count). The summed E-state index contributed by atoms with van der Waals surface area (Å²) < 4.78 is 5.26. The lowest BCUT2D eigenvalue weighted by Crippen LogP contribution is -2.43. The SMILES string of the molecule is O=C(NCc1ccco1)C1CCCN(c2ccc(-c3cccs3)nn2)C1. The molecule has 0 saturated carbocycles. The molecule has 1 aliphatic heterocycles. The Balaban J connectivity index is 1.37. The molecule has 134 valence electrons. The van der Waals surface area contributed by atoms with Crippen molar-refractivity contribution in [2.45, 2.75) is 19.4 Å². The van der Waals surface area contributed by atoms with Crippen LogP contribution in [-0.2, 0) is 11.3 Å². The van der Waals surface area contributed by atoms with Gasteiger partial charge < -0.3 is 14.6 Å². The molecule has 1 amide bonds. The molecule has 1 saturated heterocycles. The number of amides is 1. The first-order valence-corrected chi connectivity index (χ1v) is 9.60. The van der Waals surface area contributed by atoms with Crippen LogP contribution in [0.25, 0.3) is 10.6 Å². The quantitative estimate of drug-likeness (QED) is 0.748. The van der Waals surface area contributed by atoms with Gasteiger partial charge in [0.15, 0.2) is 5.82 Å². The molecule has 0 aliphatic carbocycles. The molecular formula is C19H20N4O2S. The van der Waals surface area contributed by atoms with Crippen molar-refractivity contribution in [2.75, 3.05) is 18.0 Å². The van der Waals surface area contributed by atoms with E-state index in [4.69, 9.17) is 4.42 Å². The van der Waals surface area contributed by atoms with Crippen molar-refractivity contribution in [1.29, 1.82) is 0 Å². The van der Waals surface area contributed by atoms with Crippen molar-refractivity contribution in [3.63, 3.8) is 0 Å². The number of aromatic nitrogens is 2. The van der Waals surface area contributed by atoms with E-state index in [1.165, 1.54) is 0 Å². The van der Waals surface area contributed by atoms with Crippen molar-refractivity contribution in [3.8, 4) is 10.6 Å². The third-order valence-electron chi connectivity index (χ3n) is 4.56. The van der Waals surface area contributed by atoms with Crippen LogP contribution in [0.2, 0.25) is 0 Å². The normalized spacial score (nSPS) is 17.2. The highest BCUT2D eigenvalue weighted by Crippen LogP contribution is 2.25. The van der Waals surface area contributed by atoms with Crippen LogP contribution in [0.15, 0.2) is 52.5 Å². The number of anilines is 1. The molecular weight excluding hydrogens is 348 g/mol. The number of thiophene rings is 1. The lowest BCUT2D eigenvalue weighted by molar-refractivity contribution is -0.125. The molecule has 1 fully saturated rings. The molecule has 1 N–H and O–H groups in total. The second-order valence-corrected chi connectivity index (χ2v) is 7.28. The summed E-state index contributed by atoms with van der Waals surface area (Å²) in [6, 6.07) is 11.7. The molecule has 0 spiro atoms. The Morgan fingerprint density at radius 2 is 2.23 bits per heavy atom. The maximum absolute atomic E-state index is 12.5. The van der Waals surface area contributed by atoms with Gasteiger partial charge in [0, 0.05) is 13.1 Å². The van der Waals surface area contributed by atoms with Gasteiger partial charge in [0.2, 0.25) is 5.91 Å². The number of furan rings is 1. The summed E-state index contributed by atoms with van der Waals surface area (Å²) in [7, 11) is 0. The predicted molar refractivity (Wildman–Crippen MR) is 101 cm³/mol. The minimum absolute atomic E-state index is 0.0440. The van der Waals surface area contributed by atoms with Crippen LogP contribution in [0.3, 0.4) is 0 Å². The highest BCUT2D eigenvalue weighted by molar-refractivity contribution is 7.13. The van der Waals surface area contributed by atoms with Crippen LogP contribution >= 0.6 is 11.3 Å². The molecule has 1 atom stereocenters. The number of nitrogens with zero attached hydrogens (tertiary/aromatic N) is 3. The van der Waals surface area contributed by atoms with E-state index in [0.717, 1.165) is 41.5 Å². The van der Waals surface area contributed by atoms with Crippen LogP contribution in [0.1, 0.15) is 18.6 Å². The average molecular weight is 368 g/mol. The topological polar surface area (TPSA) is 71.3 Å². The molecule has 3 aromatic rings. The third-order valence-corrected chi connectivity index (χ3v) is 5.45. The van der Waals surface area contributed by atoms with Gasteiger partial charge in [0.05, 0.1) is 23.6 Å². The summed E-state index contributed by atoms with van der Waals surface area (Å²) in [5.74, 6) is 1.61. The van der Waals surface area contributed by atoms with Gasteiger partial charge in [0.1, 0.15) is 11.5 Å². The zero-order valence-corrected chi connectivity index (χ0v) is 15.1. The highest BCUT2D eigenvalue weighted by Gasteiger charge is 2.26. The third kappa shape index (κ3) is 3.77. The molecule has 3 aromatic heterocycles. The Hall–Kier alpha value is -2.67. The Morgan fingerprint density at radius 1 is 1.27 bits per heavy atom. The van der Waals surface area contributed by atoms with E-state index in [1.807, 2.05) is 41.8 Å². The van der Waals surface area contributed by atoms with Gasteiger partial charge in [-0.2, -0.15) is 0 Å². The fourth-order valence-corrected chi connectivity index (χ4v) is 3.87. The smallest absolute Gasteiger partial charge is 0.225 e. The van der Waals surface area contributed by atoms with Gasteiger partial charge >= 0.3 is 0 Å². The van der Waals surface area contributed by atoms with Crippen LogP contribution in [0.4, 0.5) is 5.82 Å². The Bertz CT molecular complexity index is 831. The number of carbonyl (C=O) groups is 1. The number of carbonyl (C=O) groups excluding carboxylic acids is 1. The average Bonchev–Trinajstić information content (AvgIpc) is 3.40. The minimum Gasteiger partial charge on any atom is -0.467 e. The van der Waals surface area contributed by atoms with Gasteiger partial charge in [-0.05, 0) is 48.6 Å². The molecule has 0 bridgehead atoms. The number of piperidine rings is 1. The first-order valence-electron chi connectivity index (χ1n) is 8.72. The first-order chi connectivity index (χ1) is 12.8. The fourth-order valence-electron chi connectivity index (χ4n) is 3.18. The number of hydrogen-bond acceptors (Lipinski definition) is 6.